The van der Waals surface area contributed by atoms with Crippen LogP contribution in [-0.2, 0) is 20.9 Å². The Morgan fingerprint density at radius 1 is 1.27 bits per heavy atom. The maximum Gasteiger partial charge on any atom is 0.410 e. The predicted molar refractivity (Wildman–Crippen MR) is 97.9 cm³/mol. The Hall–Kier alpha value is -1.79. The Labute approximate surface area is 159 Å². The van der Waals surface area contributed by atoms with E-state index in [1.807, 2.05) is 30.3 Å². The number of nitrogens with one attached hydrogen (secondary N) is 1. The van der Waals surface area contributed by atoms with Gasteiger partial charge in [-0.15, -0.1) is 12.4 Å². The maximum absolute atomic E-state index is 12.6. The van der Waals surface area contributed by atoms with Crippen LogP contribution in [0.3, 0.4) is 0 Å². The molecule has 1 N–H and O–H groups in total. The number of hydrogen-bond acceptors (Lipinski definition) is 5. The molecule has 2 saturated heterocycles. The van der Waals surface area contributed by atoms with Gasteiger partial charge in [-0.2, -0.15) is 0 Å². The van der Waals surface area contributed by atoms with Crippen molar-refractivity contribution in [2.75, 3.05) is 33.3 Å². The van der Waals surface area contributed by atoms with E-state index in [1.165, 1.54) is 7.11 Å². The highest BCUT2D eigenvalue weighted by Crippen LogP contribution is 2.56. The van der Waals surface area contributed by atoms with Crippen molar-refractivity contribution < 1.29 is 19.1 Å². The lowest BCUT2D eigenvalue weighted by Gasteiger charge is -2.27. The third-order valence-electron chi connectivity index (χ3n) is 6.19. The van der Waals surface area contributed by atoms with Crippen LogP contribution in [0.25, 0.3) is 0 Å². The molecule has 142 valence electrons. The topological polar surface area (TPSA) is 67.9 Å². The van der Waals surface area contributed by atoms with E-state index in [-0.39, 0.29) is 37.0 Å². The van der Waals surface area contributed by atoms with Gasteiger partial charge in [-0.25, -0.2) is 4.79 Å². The van der Waals surface area contributed by atoms with E-state index in [0.717, 1.165) is 25.1 Å². The molecule has 1 saturated carbocycles. The lowest BCUT2D eigenvalue weighted by Crippen LogP contribution is -2.40. The fraction of sp³-hybridized carbons (Fsp3) is 0.579. The van der Waals surface area contributed by atoms with Crippen molar-refractivity contribution in [2.24, 2.45) is 23.2 Å². The molecular formula is C19H25ClN2O4. The highest BCUT2D eigenvalue weighted by molar-refractivity contribution is 5.85. The van der Waals surface area contributed by atoms with Crippen molar-refractivity contribution in [2.45, 2.75) is 13.0 Å². The molecule has 0 radical (unpaired) electrons. The summed E-state index contributed by atoms with van der Waals surface area (Å²) in [5.41, 5.74) is 0.399. The van der Waals surface area contributed by atoms with Gasteiger partial charge in [0.2, 0.25) is 0 Å². The number of amides is 1. The minimum atomic E-state index is -0.558. The van der Waals surface area contributed by atoms with E-state index >= 15 is 0 Å². The molecule has 1 amide bonds. The molecule has 0 aromatic heterocycles. The molecule has 1 aliphatic carbocycles. The van der Waals surface area contributed by atoms with Gasteiger partial charge in [0.1, 0.15) is 6.61 Å². The van der Waals surface area contributed by atoms with Gasteiger partial charge in [0.15, 0.2) is 0 Å². The van der Waals surface area contributed by atoms with Crippen molar-refractivity contribution >= 4 is 24.5 Å². The molecule has 0 bridgehead atoms. The first kappa shape index (κ1) is 19.0. The van der Waals surface area contributed by atoms with Gasteiger partial charge in [-0.3, -0.25) is 4.79 Å². The summed E-state index contributed by atoms with van der Waals surface area (Å²) in [6.45, 7) is 3.11. The van der Waals surface area contributed by atoms with Crippen LogP contribution in [0, 0.1) is 23.2 Å². The second-order valence-corrected chi connectivity index (χ2v) is 7.46. The molecule has 2 heterocycles. The number of ether oxygens (including phenoxy) is 2. The van der Waals surface area contributed by atoms with Gasteiger partial charge in [0, 0.05) is 13.1 Å². The van der Waals surface area contributed by atoms with Crippen LogP contribution >= 0.6 is 12.4 Å². The number of fused-ring (bicyclic) bond motifs is 3. The first-order valence-electron chi connectivity index (χ1n) is 8.89. The second kappa shape index (κ2) is 7.45. The third-order valence-corrected chi connectivity index (χ3v) is 6.19. The van der Waals surface area contributed by atoms with Gasteiger partial charge < -0.3 is 19.7 Å². The first-order valence-corrected chi connectivity index (χ1v) is 8.89. The predicted octanol–water partition coefficient (Wildman–Crippen LogP) is 2.08. The summed E-state index contributed by atoms with van der Waals surface area (Å²) in [6, 6.07) is 9.62. The van der Waals surface area contributed by atoms with Crippen LogP contribution in [0.4, 0.5) is 4.79 Å². The van der Waals surface area contributed by atoms with E-state index in [2.05, 4.69) is 5.32 Å². The van der Waals surface area contributed by atoms with Crippen molar-refractivity contribution in [1.29, 1.82) is 0 Å². The van der Waals surface area contributed by atoms with Crippen LogP contribution in [0.2, 0.25) is 0 Å². The Morgan fingerprint density at radius 3 is 2.77 bits per heavy atom. The van der Waals surface area contributed by atoms with Gasteiger partial charge in [0.25, 0.3) is 0 Å². The quantitative estimate of drug-likeness (QED) is 0.813. The van der Waals surface area contributed by atoms with Crippen molar-refractivity contribution in [3.05, 3.63) is 35.9 Å². The molecular weight excluding hydrogens is 356 g/mol. The van der Waals surface area contributed by atoms with Crippen LogP contribution < -0.4 is 5.32 Å². The molecule has 6 nitrogen and oxygen atoms in total. The summed E-state index contributed by atoms with van der Waals surface area (Å²) in [6.07, 6.45) is 0.453. The van der Waals surface area contributed by atoms with E-state index in [4.69, 9.17) is 9.47 Å². The number of hydrogen-bond donors (Lipinski definition) is 1. The molecule has 1 aromatic carbocycles. The van der Waals surface area contributed by atoms with E-state index in [1.54, 1.807) is 4.90 Å². The molecule has 7 heteroatoms. The first-order chi connectivity index (χ1) is 12.1. The number of carbonyl (C=O) groups excluding carboxylic acids is 2. The minimum Gasteiger partial charge on any atom is -0.469 e. The number of methoxy groups -OCH3 is 1. The van der Waals surface area contributed by atoms with Crippen molar-refractivity contribution in [3.8, 4) is 0 Å². The van der Waals surface area contributed by atoms with Crippen molar-refractivity contribution in [1.82, 2.24) is 10.2 Å². The Morgan fingerprint density at radius 2 is 2.04 bits per heavy atom. The lowest BCUT2D eigenvalue weighted by molar-refractivity contribution is -0.153. The summed E-state index contributed by atoms with van der Waals surface area (Å²) in [4.78, 5) is 26.8. The number of esters is 1. The van der Waals surface area contributed by atoms with E-state index < -0.39 is 5.41 Å². The monoisotopic (exact) mass is 380 g/mol. The van der Waals surface area contributed by atoms with Gasteiger partial charge in [0.05, 0.1) is 12.5 Å². The molecule has 3 fully saturated rings. The third kappa shape index (κ3) is 3.05. The molecule has 1 aromatic rings. The van der Waals surface area contributed by atoms with E-state index in [0.29, 0.717) is 24.9 Å². The zero-order chi connectivity index (χ0) is 17.4. The molecule has 2 aliphatic heterocycles. The van der Waals surface area contributed by atoms with E-state index in [9.17, 15) is 9.59 Å². The SMILES string of the molecule is COC(=O)[C@]12C[C@@H]3CNC[C@@H]3[C@@H]1CN(C(=O)OCc1ccccc1)C2.Cl. The number of benzene rings is 1. The molecule has 0 spiro atoms. The summed E-state index contributed by atoms with van der Waals surface area (Å²) in [5, 5.41) is 3.41. The Kier molecular flexibility index (Phi) is 5.44. The standard InChI is InChI=1S/C19H24N2O4.ClH/c1-24-17(22)19-7-14-8-20-9-15(14)16(19)10-21(12-19)18(23)25-11-13-5-3-2-4-6-13;/h2-6,14-16,20H,7-12H2,1H3;1H/t14-,15+,16+,19+;/m1./s1. The molecule has 4 atom stereocenters. The average molecular weight is 381 g/mol. The van der Waals surface area contributed by atoms with Crippen LogP contribution in [0.5, 0.6) is 0 Å². The highest BCUT2D eigenvalue weighted by Gasteiger charge is 2.64. The smallest absolute Gasteiger partial charge is 0.410 e. The summed E-state index contributed by atoms with van der Waals surface area (Å²) in [7, 11) is 1.44. The zero-order valence-electron chi connectivity index (χ0n) is 14.8. The van der Waals surface area contributed by atoms with Gasteiger partial charge in [-0.05, 0) is 42.8 Å². The Balaban J connectivity index is 0.00000196. The van der Waals surface area contributed by atoms with Gasteiger partial charge >= 0.3 is 12.1 Å². The largest absolute Gasteiger partial charge is 0.469 e. The zero-order valence-corrected chi connectivity index (χ0v) is 15.7. The second-order valence-electron chi connectivity index (χ2n) is 7.46. The highest BCUT2D eigenvalue weighted by atomic mass is 35.5. The lowest BCUT2D eigenvalue weighted by atomic mass is 9.78. The van der Waals surface area contributed by atoms with Crippen LogP contribution in [0.15, 0.2) is 30.3 Å². The average Bonchev–Trinajstić information content (AvgIpc) is 3.30. The maximum atomic E-state index is 12.6. The van der Waals surface area contributed by atoms with Gasteiger partial charge in [-0.1, -0.05) is 30.3 Å². The fourth-order valence-corrected chi connectivity index (χ4v) is 5.06. The van der Waals surface area contributed by atoms with Crippen LogP contribution in [-0.4, -0.2) is 50.3 Å². The Bertz CT molecular complexity index is 671. The molecule has 26 heavy (non-hydrogen) atoms. The van der Waals surface area contributed by atoms with Crippen molar-refractivity contribution in [3.63, 3.8) is 0 Å². The number of halogens is 1. The normalized spacial score (nSPS) is 31.7. The summed E-state index contributed by atoms with van der Waals surface area (Å²) < 4.78 is 10.6. The molecule has 4 rings (SSSR count). The number of likely N-dealkylation sites (tertiary alicyclic amines) is 1. The summed E-state index contributed by atoms with van der Waals surface area (Å²) in [5.74, 6) is 0.923. The number of rotatable bonds is 3. The number of carbonyl (C=O) groups is 2. The number of nitrogens with zero attached hydrogens (tertiary/aromatic N) is 1. The summed E-state index contributed by atoms with van der Waals surface area (Å²) >= 11 is 0. The molecule has 0 unspecified atom stereocenters. The van der Waals surface area contributed by atoms with Crippen LogP contribution in [0.1, 0.15) is 12.0 Å². The fourth-order valence-electron chi connectivity index (χ4n) is 5.06. The minimum absolute atomic E-state index is 0. The molecule has 3 aliphatic rings.